The second-order valence-corrected chi connectivity index (χ2v) is 8.39. The van der Waals surface area contributed by atoms with Gasteiger partial charge in [-0.1, -0.05) is 20.8 Å². The third-order valence-corrected chi connectivity index (χ3v) is 5.32. The molecule has 2 aliphatic heterocycles. The summed E-state index contributed by atoms with van der Waals surface area (Å²) >= 11 is 0. The van der Waals surface area contributed by atoms with Crippen molar-refractivity contribution in [1.82, 2.24) is 15.5 Å². The fourth-order valence-electron chi connectivity index (χ4n) is 3.96. The normalized spacial score (nSPS) is 25.7. The molecule has 0 aromatic rings. The molecule has 2 N–H and O–H groups in total. The van der Waals surface area contributed by atoms with Crippen LogP contribution in [0.1, 0.15) is 46.5 Å². The number of amides is 1. The Hall–Kier alpha value is -1.50. The van der Waals surface area contributed by atoms with Crippen LogP contribution in [0.4, 0.5) is 4.79 Å². The van der Waals surface area contributed by atoms with Crippen molar-refractivity contribution in [1.29, 1.82) is 0 Å². The van der Waals surface area contributed by atoms with Crippen molar-refractivity contribution in [2.24, 2.45) is 16.3 Å². The summed E-state index contributed by atoms with van der Waals surface area (Å²) in [5.41, 5.74) is 0.143. The van der Waals surface area contributed by atoms with Gasteiger partial charge in [0.2, 0.25) is 0 Å². The number of ether oxygens (including phenoxy) is 2. The maximum absolute atomic E-state index is 11.6. The summed E-state index contributed by atoms with van der Waals surface area (Å²) in [6.45, 7) is 9.90. The second kappa shape index (κ2) is 9.44. The Morgan fingerprint density at radius 3 is 2.54 bits per heavy atom. The Morgan fingerprint density at radius 2 is 1.96 bits per heavy atom. The third kappa shape index (κ3) is 5.76. The number of nitrogens with zero attached hydrogens (tertiary/aromatic N) is 2. The summed E-state index contributed by atoms with van der Waals surface area (Å²) < 4.78 is 10.9. The number of hydrogen-bond donors (Lipinski definition) is 2. The SMILES string of the molecule is CN=C(NCC1CCCOC1C(C)(C)C)NC1CCN(C(=O)OC)CC1. The topological polar surface area (TPSA) is 75.2 Å². The van der Waals surface area contributed by atoms with Gasteiger partial charge in [-0.25, -0.2) is 4.79 Å². The molecule has 2 atom stereocenters. The smallest absolute Gasteiger partial charge is 0.409 e. The zero-order valence-corrected chi connectivity index (χ0v) is 17.0. The van der Waals surface area contributed by atoms with E-state index in [0.29, 0.717) is 25.0 Å². The van der Waals surface area contributed by atoms with Crippen LogP contribution in [-0.4, -0.2) is 69.5 Å². The lowest BCUT2D eigenvalue weighted by Crippen LogP contribution is -2.52. The maximum Gasteiger partial charge on any atom is 0.409 e. The van der Waals surface area contributed by atoms with Gasteiger partial charge in [0.25, 0.3) is 0 Å². The first kappa shape index (κ1) is 20.8. The fourth-order valence-corrected chi connectivity index (χ4v) is 3.96. The lowest BCUT2D eigenvalue weighted by atomic mass is 9.78. The Labute approximate surface area is 157 Å². The zero-order valence-electron chi connectivity index (χ0n) is 17.0. The number of methoxy groups -OCH3 is 1. The van der Waals surface area contributed by atoms with Gasteiger partial charge >= 0.3 is 6.09 Å². The average Bonchev–Trinajstić information content (AvgIpc) is 2.64. The van der Waals surface area contributed by atoms with Crippen LogP contribution in [0.15, 0.2) is 4.99 Å². The van der Waals surface area contributed by atoms with Gasteiger partial charge in [-0.05, 0) is 31.1 Å². The molecule has 0 bridgehead atoms. The average molecular weight is 369 g/mol. The maximum atomic E-state index is 11.6. The van der Waals surface area contributed by atoms with E-state index in [9.17, 15) is 4.79 Å². The second-order valence-electron chi connectivity index (χ2n) is 8.39. The highest BCUT2D eigenvalue weighted by molar-refractivity contribution is 5.80. The third-order valence-electron chi connectivity index (χ3n) is 5.32. The van der Waals surface area contributed by atoms with Crippen molar-refractivity contribution in [3.8, 4) is 0 Å². The molecule has 2 heterocycles. The van der Waals surface area contributed by atoms with Crippen molar-refractivity contribution >= 4 is 12.1 Å². The molecule has 7 nitrogen and oxygen atoms in total. The van der Waals surface area contributed by atoms with Gasteiger partial charge in [0.05, 0.1) is 13.2 Å². The molecule has 7 heteroatoms. The molecule has 1 amide bonds. The van der Waals surface area contributed by atoms with E-state index in [2.05, 4.69) is 36.4 Å². The minimum atomic E-state index is -0.239. The van der Waals surface area contributed by atoms with Crippen LogP contribution in [-0.2, 0) is 9.47 Å². The molecule has 0 aliphatic carbocycles. The minimum Gasteiger partial charge on any atom is -0.453 e. The minimum absolute atomic E-state index is 0.143. The van der Waals surface area contributed by atoms with E-state index >= 15 is 0 Å². The summed E-state index contributed by atoms with van der Waals surface area (Å²) in [7, 11) is 3.23. The van der Waals surface area contributed by atoms with Gasteiger partial charge in [0.1, 0.15) is 0 Å². The van der Waals surface area contributed by atoms with Crippen molar-refractivity contribution in [2.75, 3.05) is 40.4 Å². The fraction of sp³-hybridized carbons (Fsp3) is 0.895. The molecule has 2 aliphatic rings. The monoisotopic (exact) mass is 368 g/mol. The van der Waals surface area contributed by atoms with E-state index in [1.807, 2.05) is 0 Å². The molecular formula is C19H36N4O3. The van der Waals surface area contributed by atoms with Crippen molar-refractivity contribution in [3.05, 3.63) is 0 Å². The van der Waals surface area contributed by atoms with Gasteiger partial charge in [-0.3, -0.25) is 4.99 Å². The Kier molecular flexibility index (Phi) is 7.55. The number of rotatable bonds is 3. The molecule has 2 unspecified atom stereocenters. The number of guanidine groups is 1. The van der Waals surface area contributed by atoms with E-state index in [1.54, 1.807) is 11.9 Å². The first-order valence-corrected chi connectivity index (χ1v) is 9.76. The van der Waals surface area contributed by atoms with E-state index in [4.69, 9.17) is 9.47 Å². The van der Waals surface area contributed by atoms with Crippen LogP contribution in [0.25, 0.3) is 0 Å². The first-order valence-electron chi connectivity index (χ1n) is 9.76. The van der Waals surface area contributed by atoms with E-state index < -0.39 is 0 Å². The molecule has 2 fully saturated rings. The number of hydrogen-bond acceptors (Lipinski definition) is 4. The zero-order chi connectivity index (χ0) is 19.2. The highest BCUT2D eigenvalue weighted by Gasteiger charge is 2.35. The molecule has 0 radical (unpaired) electrons. The van der Waals surface area contributed by atoms with Gasteiger partial charge < -0.3 is 25.0 Å². The van der Waals surface area contributed by atoms with Gasteiger partial charge in [-0.2, -0.15) is 0 Å². The Bertz CT molecular complexity index is 482. The summed E-state index contributed by atoms with van der Waals surface area (Å²) in [5.74, 6) is 1.32. The molecule has 26 heavy (non-hydrogen) atoms. The molecule has 0 aromatic heterocycles. The van der Waals surface area contributed by atoms with E-state index in [1.165, 1.54) is 13.5 Å². The number of nitrogens with one attached hydrogen (secondary N) is 2. The number of carbonyl (C=O) groups excluding carboxylic acids is 1. The first-order chi connectivity index (χ1) is 12.3. The summed E-state index contributed by atoms with van der Waals surface area (Å²) in [6, 6.07) is 0.322. The van der Waals surface area contributed by atoms with Gasteiger partial charge in [0, 0.05) is 45.2 Å². The summed E-state index contributed by atoms with van der Waals surface area (Å²) in [5, 5.41) is 6.98. The standard InChI is InChI=1S/C19H36N4O3/c1-19(2,3)16-14(7-6-12-26-16)13-21-17(20-4)22-15-8-10-23(11-9-15)18(24)25-5/h14-16H,6-13H2,1-5H3,(H2,20,21,22). The molecule has 0 aromatic carbocycles. The van der Waals surface area contributed by atoms with E-state index in [0.717, 1.165) is 38.4 Å². The molecule has 0 saturated carbocycles. The van der Waals surface area contributed by atoms with Crippen LogP contribution in [0.5, 0.6) is 0 Å². The number of piperidine rings is 1. The number of carbonyl (C=O) groups is 1. The predicted octanol–water partition coefficient (Wildman–Crippen LogP) is 2.22. The molecule has 0 spiro atoms. The van der Waals surface area contributed by atoms with Crippen LogP contribution in [0.2, 0.25) is 0 Å². The molecular weight excluding hydrogens is 332 g/mol. The van der Waals surface area contributed by atoms with Gasteiger partial charge in [-0.15, -0.1) is 0 Å². The predicted molar refractivity (Wildman–Crippen MR) is 103 cm³/mol. The van der Waals surface area contributed by atoms with E-state index in [-0.39, 0.29) is 17.6 Å². The van der Waals surface area contributed by atoms with Crippen molar-refractivity contribution in [3.63, 3.8) is 0 Å². The van der Waals surface area contributed by atoms with Crippen molar-refractivity contribution in [2.45, 2.75) is 58.6 Å². The highest BCUT2D eigenvalue weighted by Crippen LogP contribution is 2.33. The Balaban J connectivity index is 1.80. The number of aliphatic imine (C=N–C) groups is 1. The largest absolute Gasteiger partial charge is 0.453 e. The number of likely N-dealkylation sites (tertiary alicyclic amines) is 1. The Morgan fingerprint density at radius 1 is 1.27 bits per heavy atom. The lowest BCUT2D eigenvalue weighted by Gasteiger charge is -2.40. The molecule has 2 saturated heterocycles. The summed E-state index contributed by atoms with van der Waals surface area (Å²) in [6.07, 6.45) is 4.13. The van der Waals surface area contributed by atoms with Gasteiger partial charge in [0.15, 0.2) is 5.96 Å². The quantitative estimate of drug-likeness (QED) is 0.590. The molecule has 150 valence electrons. The molecule has 2 rings (SSSR count). The van der Waals surface area contributed by atoms with Crippen molar-refractivity contribution < 1.29 is 14.3 Å². The highest BCUT2D eigenvalue weighted by atomic mass is 16.5. The van der Waals surface area contributed by atoms with Crippen LogP contribution in [0.3, 0.4) is 0 Å². The summed E-state index contributed by atoms with van der Waals surface area (Å²) in [4.78, 5) is 17.7. The lowest BCUT2D eigenvalue weighted by molar-refractivity contribution is -0.0835. The van der Waals surface area contributed by atoms with Crippen LogP contribution >= 0.6 is 0 Å². The van der Waals surface area contributed by atoms with Crippen LogP contribution in [0, 0.1) is 11.3 Å². The van der Waals surface area contributed by atoms with Crippen LogP contribution < -0.4 is 10.6 Å².